The highest BCUT2D eigenvalue weighted by atomic mass is 16.5. The van der Waals surface area contributed by atoms with Gasteiger partial charge in [0.15, 0.2) is 0 Å². The molecule has 1 saturated heterocycles. The molecule has 100 valence electrons. The van der Waals surface area contributed by atoms with Gasteiger partial charge >= 0.3 is 0 Å². The predicted octanol–water partition coefficient (Wildman–Crippen LogP) is 2.54. The van der Waals surface area contributed by atoms with E-state index in [0.717, 1.165) is 19.4 Å². The first-order valence-corrected chi connectivity index (χ1v) is 7.13. The topological polar surface area (TPSA) is 38.3 Å². The van der Waals surface area contributed by atoms with Gasteiger partial charge in [-0.3, -0.25) is 4.79 Å². The molecule has 1 rings (SSSR count). The lowest BCUT2D eigenvalue weighted by Gasteiger charge is -2.16. The SMILES string of the molecule is CCCCCCCC(=O)C1COCC1NCC. The predicted molar refractivity (Wildman–Crippen MR) is 70.2 cm³/mol. The molecule has 1 aliphatic heterocycles. The number of ketones is 1. The smallest absolute Gasteiger partial charge is 0.139 e. The van der Waals surface area contributed by atoms with Crippen LogP contribution in [0.2, 0.25) is 0 Å². The number of hydrogen-bond acceptors (Lipinski definition) is 3. The summed E-state index contributed by atoms with van der Waals surface area (Å²) in [6.45, 7) is 6.51. The fraction of sp³-hybridized carbons (Fsp3) is 0.929. The van der Waals surface area contributed by atoms with E-state index in [-0.39, 0.29) is 12.0 Å². The lowest BCUT2D eigenvalue weighted by atomic mass is 9.94. The Morgan fingerprint density at radius 3 is 2.65 bits per heavy atom. The largest absolute Gasteiger partial charge is 0.379 e. The molecule has 0 aromatic heterocycles. The number of rotatable bonds is 9. The van der Waals surface area contributed by atoms with Crippen LogP contribution in [0.15, 0.2) is 0 Å². The maximum atomic E-state index is 12.0. The van der Waals surface area contributed by atoms with Crippen molar-refractivity contribution in [2.45, 2.75) is 58.4 Å². The number of nitrogens with one attached hydrogen (secondary N) is 1. The molecule has 1 fully saturated rings. The van der Waals surface area contributed by atoms with Gasteiger partial charge in [0.2, 0.25) is 0 Å². The zero-order valence-electron chi connectivity index (χ0n) is 11.3. The van der Waals surface area contributed by atoms with E-state index < -0.39 is 0 Å². The summed E-state index contributed by atoms with van der Waals surface area (Å²) in [5.74, 6) is 0.492. The van der Waals surface area contributed by atoms with Crippen LogP contribution in [0.3, 0.4) is 0 Å². The van der Waals surface area contributed by atoms with E-state index >= 15 is 0 Å². The van der Waals surface area contributed by atoms with Crippen molar-refractivity contribution in [3.63, 3.8) is 0 Å². The van der Waals surface area contributed by atoms with Gasteiger partial charge in [-0.2, -0.15) is 0 Å². The van der Waals surface area contributed by atoms with Gasteiger partial charge in [0.05, 0.1) is 19.1 Å². The number of hydrogen-bond donors (Lipinski definition) is 1. The number of carbonyl (C=O) groups is 1. The molecule has 1 aliphatic rings. The van der Waals surface area contributed by atoms with Crippen LogP contribution < -0.4 is 5.32 Å². The van der Waals surface area contributed by atoms with Gasteiger partial charge in [-0.15, -0.1) is 0 Å². The van der Waals surface area contributed by atoms with Crippen molar-refractivity contribution < 1.29 is 9.53 Å². The summed E-state index contributed by atoms with van der Waals surface area (Å²) in [6.07, 6.45) is 6.79. The van der Waals surface area contributed by atoms with E-state index in [4.69, 9.17) is 4.74 Å². The first-order valence-electron chi connectivity index (χ1n) is 7.13. The summed E-state index contributed by atoms with van der Waals surface area (Å²) < 4.78 is 5.40. The summed E-state index contributed by atoms with van der Waals surface area (Å²) in [6, 6.07) is 0.253. The van der Waals surface area contributed by atoms with Crippen LogP contribution in [-0.2, 0) is 9.53 Å². The molecule has 1 heterocycles. The van der Waals surface area contributed by atoms with Crippen molar-refractivity contribution in [1.29, 1.82) is 0 Å². The third-order valence-corrected chi connectivity index (χ3v) is 3.49. The minimum absolute atomic E-state index is 0.0983. The highest BCUT2D eigenvalue weighted by Gasteiger charge is 2.32. The Morgan fingerprint density at radius 2 is 1.94 bits per heavy atom. The quantitative estimate of drug-likeness (QED) is 0.630. The Bertz CT molecular complexity index is 218. The van der Waals surface area contributed by atoms with Crippen molar-refractivity contribution in [3.05, 3.63) is 0 Å². The van der Waals surface area contributed by atoms with Crippen molar-refractivity contribution in [2.75, 3.05) is 19.8 Å². The second-order valence-corrected chi connectivity index (χ2v) is 4.94. The van der Waals surface area contributed by atoms with E-state index in [2.05, 4.69) is 19.2 Å². The van der Waals surface area contributed by atoms with Gasteiger partial charge in [0, 0.05) is 12.5 Å². The van der Waals surface area contributed by atoms with E-state index in [1.165, 1.54) is 25.7 Å². The third kappa shape index (κ3) is 5.17. The molecule has 0 amide bonds. The average molecular weight is 241 g/mol. The molecule has 0 radical (unpaired) electrons. The van der Waals surface area contributed by atoms with Gasteiger partial charge in [0.25, 0.3) is 0 Å². The fourth-order valence-electron chi connectivity index (χ4n) is 2.42. The third-order valence-electron chi connectivity index (χ3n) is 3.49. The number of carbonyl (C=O) groups excluding carboxylic acids is 1. The van der Waals surface area contributed by atoms with Gasteiger partial charge in [-0.25, -0.2) is 0 Å². The molecule has 3 heteroatoms. The second kappa shape index (κ2) is 8.65. The van der Waals surface area contributed by atoms with Crippen LogP contribution in [-0.4, -0.2) is 31.6 Å². The van der Waals surface area contributed by atoms with E-state index in [1.54, 1.807) is 0 Å². The highest BCUT2D eigenvalue weighted by molar-refractivity contribution is 5.82. The molecule has 2 unspecified atom stereocenters. The Kier molecular flexibility index (Phi) is 7.45. The van der Waals surface area contributed by atoms with Gasteiger partial charge in [-0.05, 0) is 13.0 Å². The van der Waals surface area contributed by atoms with Crippen LogP contribution in [0, 0.1) is 5.92 Å². The molecule has 17 heavy (non-hydrogen) atoms. The van der Waals surface area contributed by atoms with E-state index in [1.807, 2.05) is 0 Å². The Morgan fingerprint density at radius 1 is 1.18 bits per heavy atom. The molecule has 0 aromatic carbocycles. The molecule has 0 bridgehead atoms. The van der Waals surface area contributed by atoms with Gasteiger partial charge < -0.3 is 10.1 Å². The number of ether oxygens (including phenoxy) is 1. The molecule has 3 nitrogen and oxygen atoms in total. The standard InChI is InChI=1S/C14H27NO2/c1-3-5-6-7-8-9-14(16)12-10-17-11-13(12)15-4-2/h12-13,15H,3-11H2,1-2H3. The van der Waals surface area contributed by atoms with Crippen molar-refractivity contribution >= 4 is 5.78 Å². The minimum atomic E-state index is 0.0983. The second-order valence-electron chi connectivity index (χ2n) is 4.94. The first kappa shape index (κ1) is 14.7. The molecule has 0 spiro atoms. The van der Waals surface area contributed by atoms with Gasteiger partial charge in [0.1, 0.15) is 5.78 Å². The minimum Gasteiger partial charge on any atom is -0.379 e. The lowest BCUT2D eigenvalue weighted by Crippen LogP contribution is -2.39. The Hall–Kier alpha value is -0.410. The number of likely N-dealkylation sites (N-methyl/N-ethyl adjacent to an activating group) is 1. The molecule has 1 N–H and O–H groups in total. The summed E-state index contributed by atoms with van der Waals surface area (Å²) in [7, 11) is 0. The van der Waals surface area contributed by atoms with Crippen LogP contribution in [0.5, 0.6) is 0 Å². The molecular formula is C14H27NO2. The Labute approximate surface area is 105 Å². The van der Waals surface area contributed by atoms with Crippen LogP contribution >= 0.6 is 0 Å². The summed E-state index contributed by atoms with van der Waals surface area (Å²) in [5, 5.41) is 3.34. The zero-order chi connectivity index (χ0) is 12.5. The van der Waals surface area contributed by atoms with Crippen molar-refractivity contribution in [1.82, 2.24) is 5.32 Å². The molecule has 0 aromatic rings. The van der Waals surface area contributed by atoms with Crippen LogP contribution in [0.4, 0.5) is 0 Å². The van der Waals surface area contributed by atoms with E-state index in [0.29, 0.717) is 19.0 Å². The maximum Gasteiger partial charge on any atom is 0.139 e. The summed E-state index contributed by atoms with van der Waals surface area (Å²) in [4.78, 5) is 12.0. The molecule has 0 aliphatic carbocycles. The lowest BCUT2D eigenvalue weighted by molar-refractivity contribution is -0.123. The zero-order valence-corrected chi connectivity index (χ0v) is 11.3. The number of unbranched alkanes of at least 4 members (excludes halogenated alkanes) is 4. The Balaban J connectivity index is 2.17. The molecular weight excluding hydrogens is 214 g/mol. The normalized spacial score (nSPS) is 24.1. The number of Topliss-reactive ketones (excluding diaryl/α,β-unsaturated/α-hetero) is 1. The van der Waals surface area contributed by atoms with Crippen LogP contribution in [0.25, 0.3) is 0 Å². The summed E-state index contributed by atoms with van der Waals surface area (Å²) >= 11 is 0. The first-order chi connectivity index (χ1) is 8.29. The maximum absolute atomic E-state index is 12.0. The van der Waals surface area contributed by atoms with Crippen LogP contribution in [0.1, 0.15) is 52.4 Å². The monoisotopic (exact) mass is 241 g/mol. The van der Waals surface area contributed by atoms with Crippen molar-refractivity contribution in [3.8, 4) is 0 Å². The molecule has 0 saturated carbocycles. The highest BCUT2D eigenvalue weighted by Crippen LogP contribution is 2.18. The average Bonchev–Trinajstić information content (AvgIpc) is 2.77. The van der Waals surface area contributed by atoms with Gasteiger partial charge in [-0.1, -0.05) is 39.5 Å². The fourth-order valence-corrected chi connectivity index (χ4v) is 2.42. The van der Waals surface area contributed by atoms with Crippen molar-refractivity contribution in [2.24, 2.45) is 5.92 Å². The summed E-state index contributed by atoms with van der Waals surface area (Å²) in [5.41, 5.74) is 0. The van der Waals surface area contributed by atoms with E-state index in [9.17, 15) is 4.79 Å². The molecule has 2 atom stereocenters.